The molecule has 88 valence electrons. The molecule has 0 heterocycles. The average molecular weight is 388 g/mol. The molecule has 0 aromatic rings. The van der Waals surface area contributed by atoms with Gasteiger partial charge in [-0.15, -0.1) is 0 Å². The van der Waals surface area contributed by atoms with Gasteiger partial charge in [0.1, 0.15) is 0 Å². The zero-order valence-corrected chi connectivity index (χ0v) is 17.5. The first-order valence-electron chi connectivity index (χ1n) is 2.11. The van der Waals surface area contributed by atoms with Gasteiger partial charge in [0.05, 0.1) is 0 Å². The van der Waals surface area contributed by atoms with E-state index in [-0.39, 0.29) is 113 Å². The molecule has 0 aliphatic rings. The van der Waals surface area contributed by atoms with Crippen LogP contribution in [-0.2, 0) is 13.6 Å². The maximum absolute atomic E-state index is 8.74. The Hall–Kier alpha value is 3.62. The van der Waals surface area contributed by atoms with Gasteiger partial charge in [0.2, 0.25) is 0 Å². The van der Waals surface area contributed by atoms with Crippen LogP contribution in [0.25, 0.3) is 0 Å². The number of hydrogen-bond donors (Lipinski definition) is 2. The third-order valence-electron chi connectivity index (χ3n) is 0. The minimum Gasteiger partial charge on any atom is -0.822 e. The van der Waals surface area contributed by atoms with Gasteiger partial charge in [-0.25, -0.2) is 0 Å². The number of phosphoric acid groups is 2. The Labute approximate surface area is 187 Å². The Morgan fingerprint density at radius 1 is 0.706 bits per heavy atom. The van der Waals surface area contributed by atoms with Gasteiger partial charge in [0.15, 0.2) is 0 Å². The Kier molecular flexibility index (Phi) is 42.8. The molecular formula is H2Ca3O11P2Si. The number of hydrogen-bond acceptors (Lipinski definition) is 9. The SMILES string of the molecule is O=P([O-])([O-])[O-].O=P([O-])([O-])[O-].O=[Si](O)O.[Ca+2].[Ca+2].[Ca+2]. The van der Waals surface area contributed by atoms with Crippen LogP contribution < -0.4 is 29.4 Å². The zero-order valence-electron chi connectivity index (χ0n) is 8.08. The van der Waals surface area contributed by atoms with E-state index in [0.717, 1.165) is 0 Å². The van der Waals surface area contributed by atoms with Crippen LogP contribution in [0.1, 0.15) is 0 Å². The molecule has 0 amide bonds. The summed E-state index contributed by atoms with van der Waals surface area (Å²) in [5, 5.41) is 0. The minimum atomic E-state index is -5.39. The molecule has 0 spiro atoms. The van der Waals surface area contributed by atoms with Gasteiger partial charge >= 0.3 is 122 Å². The van der Waals surface area contributed by atoms with Gasteiger partial charge in [-0.2, -0.15) is 15.6 Å². The van der Waals surface area contributed by atoms with Gasteiger partial charge in [0.25, 0.3) is 0 Å². The van der Waals surface area contributed by atoms with Crippen LogP contribution in [0.5, 0.6) is 0 Å². The van der Waals surface area contributed by atoms with Crippen LogP contribution in [0.15, 0.2) is 0 Å². The van der Waals surface area contributed by atoms with Crippen molar-refractivity contribution in [3.8, 4) is 0 Å². The summed E-state index contributed by atoms with van der Waals surface area (Å²) in [6.07, 6.45) is 0. The summed E-state index contributed by atoms with van der Waals surface area (Å²) in [5.74, 6) is 0. The quantitative estimate of drug-likeness (QED) is 0.292. The Balaban J connectivity index is -0.0000000247. The fourth-order valence-corrected chi connectivity index (χ4v) is 0. The predicted octanol–water partition coefficient (Wildman–Crippen LogP) is -8.41. The van der Waals surface area contributed by atoms with Crippen molar-refractivity contribution in [2.24, 2.45) is 0 Å². The van der Waals surface area contributed by atoms with Gasteiger partial charge in [-0.3, -0.25) is 4.46 Å². The van der Waals surface area contributed by atoms with Gasteiger partial charge in [0, 0.05) is 0 Å². The van der Waals surface area contributed by atoms with Crippen LogP contribution in [0, 0.1) is 0 Å². The molecule has 0 saturated carbocycles. The second-order valence-electron chi connectivity index (χ2n) is 1.18. The van der Waals surface area contributed by atoms with Crippen LogP contribution in [0.2, 0.25) is 0 Å². The van der Waals surface area contributed by atoms with Crippen LogP contribution in [-0.4, -0.2) is 132 Å². The fraction of sp³-hybridized carbons (Fsp3) is 0. The Morgan fingerprint density at radius 2 is 0.706 bits per heavy atom. The molecule has 0 atom stereocenters. The summed E-state index contributed by atoms with van der Waals surface area (Å²) in [5.41, 5.74) is 0. The molecule has 0 unspecified atom stereocenters. The largest absolute Gasteiger partial charge is 2.00 e. The topological polar surface area (TPSA) is 230 Å². The van der Waals surface area contributed by atoms with E-state index in [1.54, 1.807) is 0 Å². The van der Waals surface area contributed by atoms with Crippen molar-refractivity contribution in [2.75, 3.05) is 0 Å². The molecule has 0 rings (SSSR count). The normalized spacial score (nSPS) is 8.35. The van der Waals surface area contributed by atoms with Crippen LogP contribution >= 0.6 is 15.6 Å². The van der Waals surface area contributed by atoms with Crippen LogP contribution in [0.3, 0.4) is 0 Å². The maximum Gasteiger partial charge on any atom is 2.00 e. The van der Waals surface area contributed by atoms with E-state index in [1.807, 2.05) is 0 Å². The van der Waals surface area contributed by atoms with E-state index in [4.69, 9.17) is 52.5 Å². The molecule has 17 heteroatoms. The van der Waals surface area contributed by atoms with Gasteiger partial charge in [-0.05, 0) is 0 Å². The summed E-state index contributed by atoms with van der Waals surface area (Å²) in [4.78, 5) is 65.6. The van der Waals surface area contributed by atoms with Gasteiger partial charge < -0.3 is 48.1 Å². The standard InChI is InChI=1S/3Ca.2H3O4P.H2O3Si/c;;;2*1-5(2,3)4;1-4(2)3/h;;;2*(H3,1,2,3,4);1-2H/q3*+2;;;/p-6. The first kappa shape index (κ1) is 37.1. The summed E-state index contributed by atoms with van der Waals surface area (Å²) >= 11 is 0. The molecule has 0 aliphatic carbocycles. The summed E-state index contributed by atoms with van der Waals surface area (Å²) in [6, 6.07) is 0. The third kappa shape index (κ3) is 466. The van der Waals surface area contributed by atoms with Crippen molar-refractivity contribution >= 4 is 138 Å². The van der Waals surface area contributed by atoms with E-state index in [1.165, 1.54) is 0 Å². The van der Waals surface area contributed by atoms with Gasteiger partial charge in [-0.1, -0.05) is 0 Å². The van der Waals surface area contributed by atoms with E-state index < -0.39 is 24.8 Å². The second kappa shape index (κ2) is 19.6. The van der Waals surface area contributed by atoms with E-state index in [0.29, 0.717) is 0 Å². The fourth-order valence-electron chi connectivity index (χ4n) is 0. The van der Waals surface area contributed by atoms with E-state index in [2.05, 4.69) is 0 Å². The van der Waals surface area contributed by atoms with Crippen molar-refractivity contribution in [1.29, 1.82) is 0 Å². The molecule has 2 N–H and O–H groups in total. The first-order valence-corrected chi connectivity index (χ1v) is 6.34. The van der Waals surface area contributed by atoms with E-state index >= 15 is 0 Å². The average Bonchev–Trinajstić information content (AvgIpc) is 1.45. The summed E-state index contributed by atoms with van der Waals surface area (Å²) in [7, 11) is -13.9. The number of rotatable bonds is 0. The van der Waals surface area contributed by atoms with E-state index in [9.17, 15) is 0 Å². The molecule has 11 nitrogen and oxygen atoms in total. The monoisotopic (exact) mass is 388 g/mol. The Morgan fingerprint density at radius 3 is 0.706 bits per heavy atom. The molecule has 0 aromatic carbocycles. The predicted molar refractivity (Wildman–Crippen MR) is 43.4 cm³/mol. The molecule has 0 saturated heterocycles. The van der Waals surface area contributed by atoms with Crippen molar-refractivity contribution in [2.45, 2.75) is 0 Å². The second-order valence-corrected chi connectivity index (χ2v) is 3.53. The third-order valence-corrected chi connectivity index (χ3v) is 0. The molecule has 17 heavy (non-hydrogen) atoms. The summed E-state index contributed by atoms with van der Waals surface area (Å²) < 4.78 is 25.8. The summed E-state index contributed by atoms with van der Waals surface area (Å²) in [6.45, 7) is 0. The first-order chi connectivity index (χ1) is 5.73. The molecule has 0 aromatic heterocycles. The zero-order chi connectivity index (χ0) is 12.6. The molecule has 0 bridgehead atoms. The van der Waals surface area contributed by atoms with Crippen molar-refractivity contribution in [1.82, 2.24) is 0 Å². The van der Waals surface area contributed by atoms with Crippen molar-refractivity contribution in [3.63, 3.8) is 0 Å². The molecule has 0 fully saturated rings. The maximum atomic E-state index is 8.74. The Bertz CT molecular complexity index is 201. The van der Waals surface area contributed by atoms with Crippen LogP contribution in [0.4, 0.5) is 0 Å². The smallest absolute Gasteiger partial charge is 0.822 e. The van der Waals surface area contributed by atoms with Crippen molar-refractivity contribution in [3.05, 3.63) is 0 Å². The molecular weight excluding hydrogens is 386 g/mol. The molecule has 0 aliphatic heterocycles. The minimum absolute atomic E-state index is 0. The van der Waals surface area contributed by atoms with Crippen molar-refractivity contribution < 1.29 is 52.5 Å². The molecule has 0 radical (unpaired) electrons.